The Morgan fingerprint density at radius 3 is 2.27 bits per heavy atom. The molecule has 1 radical (unpaired) electrons. The van der Waals surface area contributed by atoms with Gasteiger partial charge in [0.05, 0.1) is 0 Å². The summed E-state index contributed by atoms with van der Waals surface area (Å²) in [5.41, 5.74) is 2.39. The van der Waals surface area contributed by atoms with Crippen LogP contribution in [0.25, 0.3) is 0 Å². The Bertz CT molecular complexity index is 387. The van der Waals surface area contributed by atoms with Crippen molar-refractivity contribution in [3.8, 4) is 0 Å². The summed E-state index contributed by atoms with van der Waals surface area (Å²) in [6.45, 7) is 13.7. The van der Waals surface area contributed by atoms with E-state index >= 15 is 0 Å². The normalized spacial score (nSPS) is 9.59. The molecule has 0 fully saturated rings. The molecule has 1 aromatic carbocycles. The van der Waals surface area contributed by atoms with Gasteiger partial charge in [-0.15, -0.1) is 5.56 Å². The van der Waals surface area contributed by atoms with E-state index in [4.69, 9.17) is 0 Å². The van der Waals surface area contributed by atoms with Gasteiger partial charge >= 0.3 is 0 Å². The molecule has 1 amide bonds. The summed E-state index contributed by atoms with van der Waals surface area (Å²) in [5.74, 6) is 0.659. The molecule has 1 rings (SSSR count). The van der Waals surface area contributed by atoms with E-state index in [-0.39, 0.29) is 38.6 Å². The fourth-order valence-electron chi connectivity index (χ4n) is 2.05. The van der Waals surface area contributed by atoms with Crippen molar-refractivity contribution in [2.45, 2.75) is 73.3 Å². The second kappa shape index (κ2) is 14.4. The van der Waals surface area contributed by atoms with Crippen molar-refractivity contribution in [2.75, 3.05) is 6.54 Å². The van der Waals surface area contributed by atoms with Crippen LogP contribution in [0.2, 0.25) is 0 Å². The van der Waals surface area contributed by atoms with Gasteiger partial charge in [0.1, 0.15) is 0 Å². The SMILES string of the molecule is CC.CCCCCN(Cc1c[c-]c(C(C)C)cc1)C(C)=O.[Y]. The molecular formula is C19H32NOY-. The smallest absolute Gasteiger partial charge is 0.218 e. The summed E-state index contributed by atoms with van der Waals surface area (Å²) in [4.78, 5) is 13.6. The summed E-state index contributed by atoms with van der Waals surface area (Å²) >= 11 is 0. The molecule has 0 aliphatic carbocycles. The number of unbranched alkanes of at least 4 members (excludes halogenated alkanes) is 2. The van der Waals surface area contributed by atoms with Crippen LogP contribution in [0.1, 0.15) is 77.8 Å². The van der Waals surface area contributed by atoms with Crippen LogP contribution in [0, 0.1) is 6.07 Å². The fourth-order valence-corrected chi connectivity index (χ4v) is 2.05. The zero-order valence-electron chi connectivity index (χ0n) is 15.3. The zero-order chi connectivity index (χ0) is 16.3. The number of rotatable bonds is 7. The standard InChI is InChI=1S/C17H26NO.C2H6.Y/c1-5-6-7-12-18(15(4)19)13-16-8-10-17(11-9-16)14(2)3;1-2;/h8-10,14H,5-7,12-13H2,1-4H3;1-2H3;/q-1;;. The number of nitrogens with zero attached hydrogens (tertiary/aromatic N) is 1. The first-order valence-corrected chi connectivity index (χ1v) is 8.30. The number of carbonyl (C=O) groups excluding carboxylic acids is 1. The quantitative estimate of drug-likeness (QED) is 0.473. The number of benzene rings is 1. The molecule has 0 saturated heterocycles. The molecule has 0 heterocycles. The molecule has 0 bridgehead atoms. The van der Waals surface area contributed by atoms with E-state index in [1.807, 2.05) is 24.8 Å². The van der Waals surface area contributed by atoms with E-state index in [0.29, 0.717) is 12.5 Å². The van der Waals surface area contributed by atoms with Gasteiger partial charge in [-0.05, 0) is 12.3 Å². The molecule has 0 aliphatic rings. The van der Waals surface area contributed by atoms with Crippen LogP contribution >= 0.6 is 0 Å². The van der Waals surface area contributed by atoms with Crippen molar-refractivity contribution in [3.63, 3.8) is 0 Å². The van der Waals surface area contributed by atoms with Gasteiger partial charge in [-0.25, -0.2) is 0 Å². The average Bonchev–Trinajstić information content (AvgIpc) is 2.49. The van der Waals surface area contributed by atoms with Crippen LogP contribution in [0.15, 0.2) is 18.2 Å². The first kappa shape index (κ1) is 24.1. The Morgan fingerprint density at radius 2 is 1.86 bits per heavy atom. The van der Waals surface area contributed by atoms with E-state index < -0.39 is 0 Å². The molecule has 1 aromatic rings. The van der Waals surface area contributed by atoms with E-state index in [9.17, 15) is 4.79 Å². The predicted molar refractivity (Wildman–Crippen MR) is 91.3 cm³/mol. The van der Waals surface area contributed by atoms with Crippen molar-refractivity contribution in [1.82, 2.24) is 4.90 Å². The van der Waals surface area contributed by atoms with Crippen LogP contribution in [-0.4, -0.2) is 17.4 Å². The molecule has 0 unspecified atom stereocenters. The molecule has 123 valence electrons. The first-order chi connectivity index (χ1) is 10.0. The topological polar surface area (TPSA) is 20.3 Å². The Labute approximate surface area is 162 Å². The van der Waals surface area contributed by atoms with Gasteiger partial charge in [0, 0.05) is 52.7 Å². The first-order valence-electron chi connectivity index (χ1n) is 8.30. The third-order valence-electron chi connectivity index (χ3n) is 3.37. The zero-order valence-corrected chi connectivity index (χ0v) is 18.1. The van der Waals surface area contributed by atoms with Crippen LogP contribution in [0.4, 0.5) is 0 Å². The third kappa shape index (κ3) is 9.74. The maximum absolute atomic E-state index is 11.6. The van der Waals surface area contributed by atoms with Gasteiger partial charge in [-0.2, -0.15) is 29.8 Å². The Balaban J connectivity index is 0. The molecule has 0 atom stereocenters. The van der Waals surface area contributed by atoms with Gasteiger partial charge in [-0.1, -0.05) is 47.5 Å². The molecule has 0 saturated carbocycles. The number of hydrogen-bond acceptors (Lipinski definition) is 1. The molecule has 22 heavy (non-hydrogen) atoms. The molecule has 2 nitrogen and oxygen atoms in total. The summed E-state index contributed by atoms with van der Waals surface area (Å²) in [6, 6.07) is 9.56. The van der Waals surface area contributed by atoms with Crippen molar-refractivity contribution in [2.24, 2.45) is 0 Å². The van der Waals surface area contributed by atoms with Gasteiger partial charge in [0.2, 0.25) is 5.91 Å². The van der Waals surface area contributed by atoms with Gasteiger partial charge in [0.15, 0.2) is 0 Å². The molecule has 0 N–H and O–H groups in total. The molecular weight excluding hydrogens is 347 g/mol. The number of carbonyl (C=O) groups is 1. The molecule has 0 spiro atoms. The van der Waals surface area contributed by atoms with Gasteiger partial charge in [0.25, 0.3) is 0 Å². The molecule has 3 heteroatoms. The van der Waals surface area contributed by atoms with Crippen LogP contribution in [-0.2, 0) is 44.0 Å². The maximum atomic E-state index is 11.6. The summed E-state index contributed by atoms with van der Waals surface area (Å²) in [7, 11) is 0. The van der Waals surface area contributed by atoms with E-state index in [1.165, 1.54) is 18.4 Å². The Morgan fingerprint density at radius 1 is 1.23 bits per heavy atom. The minimum atomic E-state index is 0. The largest absolute Gasteiger partial charge is 0.350 e. The van der Waals surface area contributed by atoms with Gasteiger partial charge in [-0.3, -0.25) is 4.79 Å². The summed E-state index contributed by atoms with van der Waals surface area (Å²) in [6.07, 6.45) is 3.45. The van der Waals surface area contributed by atoms with E-state index in [1.54, 1.807) is 6.92 Å². The van der Waals surface area contributed by atoms with E-state index in [2.05, 4.69) is 39.0 Å². The van der Waals surface area contributed by atoms with Crippen LogP contribution < -0.4 is 0 Å². The minimum absolute atomic E-state index is 0. The van der Waals surface area contributed by atoms with Crippen LogP contribution in [0.3, 0.4) is 0 Å². The second-order valence-electron chi connectivity index (χ2n) is 5.45. The molecule has 0 aromatic heterocycles. The van der Waals surface area contributed by atoms with E-state index in [0.717, 1.165) is 18.5 Å². The second-order valence-corrected chi connectivity index (χ2v) is 5.45. The Hall–Kier alpha value is -0.206. The van der Waals surface area contributed by atoms with Crippen molar-refractivity contribution < 1.29 is 37.5 Å². The summed E-state index contributed by atoms with van der Waals surface area (Å²) < 4.78 is 0. The maximum Gasteiger partial charge on any atom is 0.218 e. The third-order valence-corrected chi connectivity index (χ3v) is 3.37. The Kier molecular flexibility index (Phi) is 15.7. The van der Waals surface area contributed by atoms with Crippen LogP contribution in [0.5, 0.6) is 0 Å². The molecule has 0 aliphatic heterocycles. The van der Waals surface area contributed by atoms with Crippen molar-refractivity contribution in [3.05, 3.63) is 35.4 Å². The fraction of sp³-hybridized carbons (Fsp3) is 0.632. The number of amides is 1. The van der Waals surface area contributed by atoms with Gasteiger partial charge < -0.3 is 4.90 Å². The van der Waals surface area contributed by atoms with Crippen molar-refractivity contribution >= 4 is 5.91 Å². The minimum Gasteiger partial charge on any atom is -0.350 e. The number of hydrogen-bond donors (Lipinski definition) is 0. The van der Waals surface area contributed by atoms with Crippen molar-refractivity contribution in [1.29, 1.82) is 0 Å². The average molecular weight is 379 g/mol. The monoisotopic (exact) mass is 379 g/mol. The summed E-state index contributed by atoms with van der Waals surface area (Å²) in [5, 5.41) is 0. The predicted octanol–water partition coefficient (Wildman–Crippen LogP) is 5.17.